The van der Waals surface area contributed by atoms with E-state index in [-0.39, 0.29) is 23.2 Å². The fraction of sp³-hybridized carbons (Fsp3) is 0.600. The summed E-state index contributed by atoms with van der Waals surface area (Å²) in [5.41, 5.74) is -3.06. The Morgan fingerprint density at radius 3 is 2.44 bits per heavy atom. The maximum absolute atomic E-state index is 13.9. The molecule has 260 valence electrons. The third kappa shape index (κ3) is 6.78. The molecule has 5 rings (SSSR count). The Hall–Kier alpha value is -3.66. The number of carbonyl (C=O) groups excluding carboxylic acids is 2. The smallest absolute Gasteiger partial charge is 0.419 e. The van der Waals surface area contributed by atoms with Gasteiger partial charge in [0.15, 0.2) is 11.2 Å². The lowest BCUT2D eigenvalue weighted by atomic mass is 9.75. The summed E-state index contributed by atoms with van der Waals surface area (Å²) in [6, 6.07) is 8.01. The highest BCUT2D eigenvalue weighted by Crippen LogP contribution is 2.51. The third-order valence-electron chi connectivity index (χ3n) is 9.66. The van der Waals surface area contributed by atoms with E-state index in [9.17, 15) is 28.0 Å². The minimum atomic E-state index is -4.81. The van der Waals surface area contributed by atoms with E-state index >= 15 is 0 Å². The van der Waals surface area contributed by atoms with E-state index in [1.54, 1.807) is 0 Å². The molecule has 3 aliphatic rings. The number of nitrogens with zero attached hydrogens (tertiary/aromatic N) is 5. The van der Waals surface area contributed by atoms with Crippen LogP contribution in [0.4, 0.5) is 29.3 Å². The van der Waals surface area contributed by atoms with E-state index in [0.29, 0.717) is 38.3 Å². The number of benzene rings is 1. The van der Waals surface area contributed by atoms with E-state index in [4.69, 9.17) is 22.1 Å². The summed E-state index contributed by atoms with van der Waals surface area (Å²) in [5, 5.41) is 9.19. The van der Waals surface area contributed by atoms with Gasteiger partial charge in [-0.2, -0.15) is 18.4 Å². The van der Waals surface area contributed by atoms with Crippen LogP contribution in [0.2, 0.25) is 0 Å². The van der Waals surface area contributed by atoms with Gasteiger partial charge in [-0.15, -0.1) is 12.6 Å². The number of carbonyl (C=O) groups is 2. The first-order chi connectivity index (χ1) is 22.4. The summed E-state index contributed by atoms with van der Waals surface area (Å²) in [7, 11) is 0. The largest absolute Gasteiger partial charge is 0.493 e. The molecule has 9 nitrogen and oxygen atoms in total. The molecule has 0 N–H and O–H groups in total. The van der Waals surface area contributed by atoms with Crippen molar-refractivity contribution in [1.29, 1.82) is 5.26 Å². The molecule has 2 atom stereocenters. The Labute approximate surface area is 285 Å². The fourth-order valence-electron chi connectivity index (χ4n) is 7.16. The highest BCUT2D eigenvalue weighted by atomic mass is 32.1. The van der Waals surface area contributed by atoms with Crippen LogP contribution in [0, 0.1) is 17.2 Å². The number of hydrogen-bond donors (Lipinski definition) is 1. The van der Waals surface area contributed by atoms with Gasteiger partial charge < -0.3 is 19.3 Å². The molecule has 0 radical (unpaired) electrons. The molecule has 1 saturated carbocycles. The van der Waals surface area contributed by atoms with Gasteiger partial charge >= 0.3 is 12.3 Å². The Morgan fingerprint density at radius 2 is 1.88 bits per heavy atom. The zero-order valence-corrected chi connectivity index (χ0v) is 29.3. The average Bonchev–Trinajstić information content (AvgIpc) is 3.21. The van der Waals surface area contributed by atoms with Crippen LogP contribution in [0.3, 0.4) is 0 Å². The molecule has 3 heterocycles. The van der Waals surface area contributed by atoms with Gasteiger partial charge in [-0.05, 0) is 115 Å². The van der Waals surface area contributed by atoms with Crippen molar-refractivity contribution < 1.29 is 32.2 Å². The Kier molecular flexibility index (Phi) is 9.64. The summed E-state index contributed by atoms with van der Waals surface area (Å²) < 4.78 is 53.2. The van der Waals surface area contributed by atoms with Gasteiger partial charge in [0.05, 0.1) is 24.1 Å². The van der Waals surface area contributed by atoms with Crippen LogP contribution in [0.1, 0.15) is 96.9 Å². The van der Waals surface area contributed by atoms with Crippen LogP contribution in [0.15, 0.2) is 30.5 Å². The molecule has 1 aliphatic carbocycles. The van der Waals surface area contributed by atoms with E-state index in [1.807, 2.05) is 55.7 Å². The Bertz CT molecular complexity index is 1600. The number of likely N-dealkylation sites (tertiary alicyclic amines) is 1. The minimum Gasteiger partial charge on any atom is -0.493 e. The molecular weight excluding hydrogens is 643 g/mol. The molecule has 3 fully saturated rings. The topological polar surface area (TPSA) is 99.0 Å². The number of ether oxygens (including phenoxy) is 2. The Balaban J connectivity index is 1.30. The highest BCUT2D eigenvalue weighted by Gasteiger charge is 2.60. The number of hydrogen-bond acceptors (Lipinski definition) is 8. The van der Waals surface area contributed by atoms with E-state index in [2.05, 4.69) is 18.8 Å². The maximum atomic E-state index is 13.9. The third-order valence-corrected chi connectivity index (χ3v) is 10.1. The lowest BCUT2D eigenvalue weighted by molar-refractivity contribution is -0.138. The van der Waals surface area contributed by atoms with Gasteiger partial charge in [-0.1, -0.05) is 6.92 Å². The summed E-state index contributed by atoms with van der Waals surface area (Å²) in [6.45, 7) is 12.9. The summed E-state index contributed by atoms with van der Waals surface area (Å²) in [4.78, 5) is 35.4. The van der Waals surface area contributed by atoms with E-state index in [0.717, 1.165) is 54.9 Å². The molecule has 1 spiro atoms. The molecule has 0 bridgehead atoms. The second-order valence-corrected chi connectivity index (χ2v) is 15.0. The number of aryl methyl sites for hydroxylation is 1. The molecule has 48 heavy (non-hydrogen) atoms. The van der Waals surface area contributed by atoms with Crippen LogP contribution in [0.25, 0.3) is 0 Å². The van der Waals surface area contributed by atoms with Crippen LogP contribution in [0.5, 0.6) is 5.75 Å². The number of rotatable bonds is 7. The second kappa shape index (κ2) is 13.0. The van der Waals surface area contributed by atoms with Crippen molar-refractivity contribution in [3.05, 3.63) is 47.3 Å². The van der Waals surface area contributed by atoms with Crippen molar-refractivity contribution in [2.45, 2.75) is 115 Å². The number of aromatic nitrogens is 1. The number of pyridine rings is 1. The monoisotopic (exact) mass is 687 g/mol. The number of thiol groups is 1. The SMILES string of the molecule is CCc1cc(N2C(S)N(c3cnc(C#N)c(C(F)(F)F)c3)C(=O)C23CCC3)ccc1OCCC1CCN(C(=O)OC(C)(C)C)C(C)(C)C1. The van der Waals surface area contributed by atoms with E-state index in [1.165, 1.54) is 11.0 Å². The van der Waals surface area contributed by atoms with Gasteiger partial charge in [-0.3, -0.25) is 9.69 Å². The van der Waals surface area contributed by atoms with Gasteiger partial charge in [0.2, 0.25) is 0 Å². The quantitative estimate of drug-likeness (QED) is 0.298. The molecular formula is C35H44F3N5O4S. The molecule has 2 aromatic rings. The van der Waals surface area contributed by atoms with Gasteiger partial charge in [-0.25, -0.2) is 9.78 Å². The van der Waals surface area contributed by atoms with Gasteiger partial charge in [0.25, 0.3) is 5.91 Å². The van der Waals surface area contributed by atoms with E-state index < -0.39 is 34.1 Å². The van der Waals surface area contributed by atoms with Crippen LogP contribution in [-0.2, 0) is 22.1 Å². The van der Waals surface area contributed by atoms with Crippen LogP contribution >= 0.6 is 12.6 Å². The van der Waals surface area contributed by atoms with Crippen molar-refractivity contribution >= 4 is 36.0 Å². The number of amides is 2. The zero-order valence-electron chi connectivity index (χ0n) is 28.4. The maximum Gasteiger partial charge on any atom is 0.419 e. The first kappa shape index (κ1) is 35.6. The zero-order chi connectivity index (χ0) is 35.2. The predicted octanol–water partition coefficient (Wildman–Crippen LogP) is 7.72. The number of halogens is 3. The van der Waals surface area contributed by atoms with Gasteiger partial charge in [0.1, 0.15) is 23.0 Å². The highest BCUT2D eigenvalue weighted by molar-refractivity contribution is 7.81. The average molecular weight is 688 g/mol. The predicted molar refractivity (Wildman–Crippen MR) is 179 cm³/mol. The van der Waals surface area contributed by atoms with Crippen LogP contribution in [-0.4, -0.2) is 57.2 Å². The summed E-state index contributed by atoms with van der Waals surface area (Å²) >= 11 is 4.77. The summed E-state index contributed by atoms with van der Waals surface area (Å²) in [5.74, 6) is 0.772. The molecule has 1 aromatic heterocycles. The number of nitriles is 1. The molecule has 2 aliphatic heterocycles. The minimum absolute atomic E-state index is 0.0594. The number of alkyl halides is 3. The van der Waals surface area contributed by atoms with Crippen molar-refractivity contribution in [1.82, 2.24) is 9.88 Å². The first-order valence-corrected chi connectivity index (χ1v) is 17.0. The summed E-state index contributed by atoms with van der Waals surface area (Å²) in [6.07, 6.45) is 1.08. The Morgan fingerprint density at radius 1 is 1.17 bits per heavy atom. The normalized spacial score (nSPS) is 22.0. The first-order valence-electron chi connectivity index (χ1n) is 16.5. The molecule has 13 heteroatoms. The van der Waals surface area contributed by atoms with Gasteiger partial charge in [0, 0.05) is 17.8 Å². The van der Waals surface area contributed by atoms with Crippen molar-refractivity contribution in [3.8, 4) is 11.8 Å². The lowest BCUT2D eigenvalue weighted by Crippen LogP contribution is -2.55. The molecule has 2 unspecified atom stereocenters. The standard InChI is InChI=1S/C35H44F3N5O4S/c1-7-23-17-24(9-10-28(23)46-16-12-22-11-15-41(33(5,6)19-22)31(45)47-32(2,3)4)43-30(48)42(29(44)34(43)13-8-14-34)25-18-26(35(36,37)38)27(20-39)40-21-25/h9-10,17-18,21-22,30,48H,7-8,11-16,19H2,1-6H3. The van der Waals surface area contributed by atoms with Crippen molar-refractivity contribution in [3.63, 3.8) is 0 Å². The lowest BCUT2D eigenvalue weighted by Gasteiger charge is -2.45. The fourth-order valence-corrected chi connectivity index (χ4v) is 7.75. The van der Waals surface area contributed by atoms with Crippen molar-refractivity contribution in [2.75, 3.05) is 23.0 Å². The van der Waals surface area contributed by atoms with Crippen LogP contribution < -0.4 is 14.5 Å². The molecule has 2 saturated heterocycles. The second-order valence-electron chi connectivity index (χ2n) is 14.6. The molecule has 1 aromatic carbocycles. The molecule has 2 amide bonds. The number of anilines is 2. The number of piperidine rings is 1. The van der Waals surface area contributed by atoms with Crippen molar-refractivity contribution in [2.24, 2.45) is 5.92 Å².